The number of aliphatic imine (C=N–C) groups is 1. The Labute approximate surface area is 396 Å². The summed E-state index contributed by atoms with van der Waals surface area (Å²) in [5.74, 6) is 1.58. The summed E-state index contributed by atoms with van der Waals surface area (Å²) in [5.41, 5.74) is 2.15. The molecule has 67 heavy (non-hydrogen) atoms. The number of amides is 2. The molecule has 0 fully saturated rings. The number of nitrogens with one attached hydrogen (secondary N) is 5. The van der Waals surface area contributed by atoms with Crippen molar-refractivity contribution >= 4 is 47.9 Å². The summed E-state index contributed by atoms with van der Waals surface area (Å²) in [6.07, 6.45) is 3.50. The summed E-state index contributed by atoms with van der Waals surface area (Å²) in [6, 6.07) is 38.5. The largest absolute Gasteiger partial charge is 0.491 e. The lowest BCUT2D eigenvalue weighted by molar-refractivity contribution is 0.171. The Kier molecular flexibility index (Phi) is 16.8. The fraction of sp³-hybridized carbons (Fsp3) is 0.377. The van der Waals surface area contributed by atoms with Gasteiger partial charge in [0.25, 0.3) is 8.32 Å². The molecule has 5 aromatic rings. The minimum absolute atomic E-state index is 0.0342. The molecule has 1 aliphatic rings. The number of urea groups is 1. The molecule has 2 unspecified atom stereocenters. The average molecular weight is 925 g/mol. The molecule has 0 saturated carbocycles. The molecule has 6 rings (SSSR count). The molecule has 13 nitrogen and oxygen atoms in total. The lowest BCUT2D eigenvalue weighted by atomic mass is 9.85. The fourth-order valence-corrected chi connectivity index (χ4v) is 13.4. The maximum atomic E-state index is 14.2. The van der Waals surface area contributed by atoms with E-state index in [4.69, 9.17) is 29.7 Å². The zero-order valence-electron chi connectivity index (χ0n) is 40.1. The molecule has 0 spiro atoms. The van der Waals surface area contributed by atoms with Gasteiger partial charge in [0, 0.05) is 43.3 Å². The third kappa shape index (κ3) is 12.2. The minimum Gasteiger partial charge on any atom is -0.491 e. The van der Waals surface area contributed by atoms with E-state index in [-0.39, 0.29) is 60.7 Å². The Morgan fingerprint density at radius 3 is 2.13 bits per heavy atom. The molecule has 2 amide bonds. The van der Waals surface area contributed by atoms with Gasteiger partial charge in [-0.05, 0) is 77.0 Å². The SMILES string of the molecule is CCCN(CC)C(=N)n1cc(OC2CCC(NC(=O)NC(CC(=N)C(C)(C)CO[Si](c3ccccc3)(c3ccccc3)C(C)(C)C)=Nc3cccc(OCCO)c3)c3ccccc32)ccc1=N. The smallest absolute Gasteiger partial charge is 0.320 e. The van der Waals surface area contributed by atoms with E-state index >= 15 is 0 Å². The van der Waals surface area contributed by atoms with Gasteiger partial charge in [0.2, 0.25) is 5.96 Å². The van der Waals surface area contributed by atoms with Crippen LogP contribution in [0.4, 0.5) is 10.5 Å². The molecule has 1 heterocycles. The number of carbonyl (C=O) groups excluding carboxylic acids is 1. The van der Waals surface area contributed by atoms with E-state index in [1.807, 2.05) is 62.1 Å². The minimum atomic E-state index is -2.92. The zero-order chi connectivity index (χ0) is 48.2. The number of fused-ring (bicyclic) bond motifs is 1. The number of hydrogen-bond donors (Lipinski definition) is 6. The summed E-state index contributed by atoms with van der Waals surface area (Å²) in [6.45, 7) is 16.4. The lowest BCUT2D eigenvalue weighted by Crippen LogP contribution is -2.67. The number of aliphatic hydroxyl groups is 1. The summed E-state index contributed by atoms with van der Waals surface area (Å²) in [5, 5.41) is 44.6. The number of hydrogen-bond acceptors (Lipinski definition) is 9. The molecule has 0 bridgehead atoms. The molecule has 0 saturated heterocycles. The molecule has 0 aliphatic heterocycles. The van der Waals surface area contributed by atoms with Gasteiger partial charge in [-0.15, -0.1) is 0 Å². The molecule has 354 valence electrons. The third-order valence-electron chi connectivity index (χ3n) is 12.3. The van der Waals surface area contributed by atoms with Crippen LogP contribution in [0.2, 0.25) is 5.04 Å². The van der Waals surface area contributed by atoms with Crippen LogP contribution in [0.3, 0.4) is 0 Å². The van der Waals surface area contributed by atoms with Crippen molar-refractivity contribution in [1.29, 1.82) is 16.2 Å². The number of aromatic nitrogens is 1. The Bertz CT molecular complexity index is 2520. The van der Waals surface area contributed by atoms with E-state index in [0.29, 0.717) is 48.8 Å². The number of aliphatic hydroxyl groups excluding tert-OH is 1. The number of ether oxygens (including phenoxy) is 2. The van der Waals surface area contributed by atoms with Crippen LogP contribution in [0.5, 0.6) is 11.5 Å². The van der Waals surface area contributed by atoms with E-state index in [1.54, 1.807) is 47.2 Å². The van der Waals surface area contributed by atoms with Crippen LogP contribution in [0.15, 0.2) is 133 Å². The molecule has 2 atom stereocenters. The number of rotatable bonds is 18. The molecular weight excluding hydrogens is 857 g/mol. The van der Waals surface area contributed by atoms with E-state index in [9.17, 15) is 15.3 Å². The molecule has 0 radical (unpaired) electrons. The van der Waals surface area contributed by atoms with Crippen molar-refractivity contribution in [3.63, 3.8) is 0 Å². The zero-order valence-corrected chi connectivity index (χ0v) is 41.1. The first-order valence-corrected chi connectivity index (χ1v) is 25.2. The summed E-state index contributed by atoms with van der Waals surface area (Å²) in [4.78, 5) is 21.0. The van der Waals surface area contributed by atoms with Crippen molar-refractivity contribution in [3.8, 4) is 11.5 Å². The Balaban J connectivity index is 1.23. The fourth-order valence-electron chi connectivity index (χ4n) is 8.69. The van der Waals surface area contributed by atoms with Crippen molar-refractivity contribution in [3.05, 3.63) is 144 Å². The van der Waals surface area contributed by atoms with Crippen LogP contribution in [0, 0.1) is 21.6 Å². The molecule has 4 aromatic carbocycles. The van der Waals surface area contributed by atoms with Crippen LogP contribution in [0.1, 0.15) is 97.4 Å². The van der Waals surface area contributed by atoms with Gasteiger partial charge in [0.15, 0.2) is 0 Å². The van der Waals surface area contributed by atoms with Gasteiger partial charge in [-0.25, -0.2) is 9.79 Å². The van der Waals surface area contributed by atoms with E-state index in [2.05, 4.69) is 86.9 Å². The first kappa shape index (κ1) is 50.1. The number of nitrogens with zero attached hydrogens (tertiary/aromatic N) is 3. The van der Waals surface area contributed by atoms with Crippen molar-refractivity contribution in [2.24, 2.45) is 10.4 Å². The second-order valence-electron chi connectivity index (χ2n) is 18.6. The monoisotopic (exact) mass is 925 g/mol. The van der Waals surface area contributed by atoms with Crippen molar-refractivity contribution < 1.29 is 23.8 Å². The first-order valence-electron chi connectivity index (χ1n) is 23.3. The van der Waals surface area contributed by atoms with Crippen LogP contribution in [0.25, 0.3) is 0 Å². The van der Waals surface area contributed by atoms with E-state index < -0.39 is 19.8 Å². The second-order valence-corrected chi connectivity index (χ2v) is 22.9. The highest BCUT2D eigenvalue weighted by Gasteiger charge is 2.51. The van der Waals surface area contributed by atoms with Crippen LogP contribution < -0.4 is 36.0 Å². The highest BCUT2D eigenvalue weighted by Crippen LogP contribution is 2.40. The summed E-state index contributed by atoms with van der Waals surface area (Å²) < 4.78 is 21.1. The topological polar surface area (TPSA) is 181 Å². The normalized spacial score (nSPS) is 15.3. The highest BCUT2D eigenvalue weighted by molar-refractivity contribution is 6.99. The predicted molar refractivity (Wildman–Crippen MR) is 270 cm³/mol. The molecule has 6 N–H and O–H groups in total. The van der Waals surface area contributed by atoms with Gasteiger partial charge in [-0.2, -0.15) is 0 Å². The van der Waals surface area contributed by atoms with Crippen molar-refractivity contribution in [2.45, 2.75) is 91.3 Å². The third-order valence-corrected chi connectivity index (χ3v) is 17.3. The Morgan fingerprint density at radius 1 is 0.851 bits per heavy atom. The summed E-state index contributed by atoms with van der Waals surface area (Å²) in [7, 11) is -2.92. The quantitative estimate of drug-likeness (QED) is 0.0290. The second kappa shape index (κ2) is 22.4. The van der Waals surface area contributed by atoms with Gasteiger partial charge in [-0.1, -0.05) is 133 Å². The first-order chi connectivity index (χ1) is 32.1. The molecule has 1 aliphatic carbocycles. The Hall–Kier alpha value is -6.35. The van der Waals surface area contributed by atoms with Gasteiger partial charge in [0.05, 0.1) is 24.5 Å². The van der Waals surface area contributed by atoms with Crippen LogP contribution >= 0.6 is 0 Å². The summed E-state index contributed by atoms with van der Waals surface area (Å²) >= 11 is 0. The van der Waals surface area contributed by atoms with Gasteiger partial charge in [-0.3, -0.25) is 20.7 Å². The lowest BCUT2D eigenvalue weighted by Gasteiger charge is -2.44. The molecule has 1 aromatic heterocycles. The number of pyridine rings is 1. The standard InChI is InChI=1S/C53H68N8O5Si/c1-8-31-60(9-2)50(56)61-36-40(27-30-48(61)55)66-46-29-28-45(43-25-16-17-26-44(43)46)58-51(63)59-49(57-38-19-18-20-39(34-38)64-33-32-62)35-47(54)53(6,7)37-65-67(52(3,4)5,41-21-12-10-13-22-41)42-23-14-11-15-24-42/h10-27,30,34,36,45-46,54-56,62H,8-9,28-29,31-33,35,37H2,1-7H3,(H2,57,58,59,63). The van der Waals surface area contributed by atoms with Gasteiger partial charge < -0.3 is 34.6 Å². The van der Waals surface area contributed by atoms with Crippen LogP contribution in [-0.2, 0) is 4.43 Å². The van der Waals surface area contributed by atoms with E-state index in [1.165, 1.54) is 0 Å². The van der Waals surface area contributed by atoms with Crippen molar-refractivity contribution in [1.82, 2.24) is 20.1 Å². The van der Waals surface area contributed by atoms with E-state index in [0.717, 1.165) is 27.9 Å². The maximum Gasteiger partial charge on any atom is 0.320 e. The molecular formula is C53H68N8O5Si. The van der Waals surface area contributed by atoms with Crippen LogP contribution in [-0.4, -0.2) is 79.3 Å². The van der Waals surface area contributed by atoms with Crippen molar-refractivity contribution in [2.75, 3.05) is 32.9 Å². The Morgan fingerprint density at radius 2 is 1.51 bits per heavy atom. The number of amidine groups is 1. The number of carbonyl (C=O) groups is 1. The van der Waals surface area contributed by atoms with Gasteiger partial charge in [0.1, 0.15) is 35.5 Å². The number of benzene rings is 4. The average Bonchev–Trinajstić information content (AvgIpc) is 3.31. The molecule has 14 heteroatoms. The van der Waals surface area contributed by atoms with Gasteiger partial charge >= 0.3 is 6.03 Å². The maximum absolute atomic E-state index is 14.2. The predicted octanol–water partition coefficient (Wildman–Crippen LogP) is 8.85. The highest BCUT2D eigenvalue weighted by atomic mass is 28.4.